The summed E-state index contributed by atoms with van der Waals surface area (Å²) in [6.07, 6.45) is 5.35. The van der Waals surface area contributed by atoms with Crippen LogP contribution in [0.15, 0.2) is 11.6 Å². The van der Waals surface area contributed by atoms with E-state index in [1.165, 1.54) is 5.57 Å². The quantitative estimate of drug-likeness (QED) is 0.690. The van der Waals surface area contributed by atoms with Crippen LogP contribution in [0, 0.1) is 17.3 Å². The second-order valence-electron chi connectivity index (χ2n) is 6.75. The molecule has 2 rings (SSSR count). The van der Waals surface area contributed by atoms with E-state index in [0.29, 0.717) is 12.3 Å². The predicted molar refractivity (Wildman–Crippen MR) is 69.6 cm³/mol. The van der Waals surface area contributed by atoms with Crippen molar-refractivity contribution in [3.8, 4) is 0 Å². The summed E-state index contributed by atoms with van der Waals surface area (Å²) in [5, 5.41) is 20.9. The summed E-state index contributed by atoms with van der Waals surface area (Å²) >= 11 is 0. The van der Waals surface area contributed by atoms with Crippen LogP contribution in [0.2, 0.25) is 0 Å². The van der Waals surface area contributed by atoms with Gasteiger partial charge in [-0.2, -0.15) is 0 Å². The summed E-state index contributed by atoms with van der Waals surface area (Å²) in [4.78, 5) is 0. The van der Waals surface area contributed by atoms with Crippen molar-refractivity contribution >= 4 is 0 Å². The Labute approximate surface area is 105 Å². The molecule has 0 heterocycles. The van der Waals surface area contributed by atoms with Crippen molar-refractivity contribution in [2.24, 2.45) is 17.3 Å². The third-order valence-electron chi connectivity index (χ3n) is 5.39. The van der Waals surface area contributed by atoms with Crippen LogP contribution in [0.25, 0.3) is 0 Å². The van der Waals surface area contributed by atoms with Gasteiger partial charge in [-0.25, -0.2) is 0 Å². The van der Waals surface area contributed by atoms with Gasteiger partial charge in [0.05, 0.1) is 11.7 Å². The number of rotatable bonds is 1. The Morgan fingerprint density at radius 1 is 1.35 bits per heavy atom. The summed E-state index contributed by atoms with van der Waals surface area (Å²) in [6.45, 7) is 8.54. The van der Waals surface area contributed by atoms with Crippen molar-refractivity contribution < 1.29 is 10.2 Å². The highest BCUT2D eigenvalue weighted by Crippen LogP contribution is 2.55. The van der Waals surface area contributed by atoms with Crippen molar-refractivity contribution in [2.75, 3.05) is 0 Å². The maximum atomic E-state index is 10.7. The molecule has 98 valence electrons. The SMILES string of the molecule is CC(C)C1=CCC2C(O)CC[C@](C)(O)[C@]2(C)C1. The molecule has 0 bridgehead atoms. The van der Waals surface area contributed by atoms with Gasteiger partial charge in [-0.1, -0.05) is 32.4 Å². The molecule has 0 aliphatic heterocycles. The molecule has 0 spiro atoms. The molecule has 0 aromatic heterocycles. The molecule has 2 N–H and O–H groups in total. The third kappa shape index (κ3) is 1.96. The van der Waals surface area contributed by atoms with Gasteiger partial charge in [0.25, 0.3) is 0 Å². The lowest BCUT2D eigenvalue weighted by Gasteiger charge is -2.56. The van der Waals surface area contributed by atoms with E-state index in [9.17, 15) is 10.2 Å². The average molecular weight is 238 g/mol. The van der Waals surface area contributed by atoms with Gasteiger partial charge in [0.1, 0.15) is 0 Å². The lowest BCUT2D eigenvalue weighted by Crippen LogP contribution is -2.57. The van der Waals surface area contributed by atoms with Gasteiger partial charge in [0, 0.05) is 5.41 Å². The molecule has 2 aliphatic rings. The minimum atomic E-state index is -0.648. The zero-order valence-corrected chi connectivity index (χ0v) is 11.5. The molecule has 1 fully saturated rings. The molecule has 0 aromatic rings. The van der Waals surface area contributed by atoms with E-state index in [1.54, 1.807) is 0 Å². The number of fused-ring (bicyclic) bond motifs is 1. The van der Waals surface area contributed by atoms with Gasteiger partial charge in [-0.3, -0.25) is 0 Å². The maximum Gasteiger partial charge on any atom is 0.0680 e. The van der Waals surface area contributed by atoms with Crippen LogP contribution < -0.4 is 0 Å². The van der Waals surface area contributed by atoms with E-state index >= 15 is 0 Å². The summed E-state index contributed by atoms with van der Waals surface area (Å²) in [5.41, 5.74) is 0.628. The first kappa shape index (κ1) is 13.1. The first-order valence-electron chi connectivity index (χ1n) is 6.87. The maximum absolute atomic E-state index is 10.7. The van der Waals surface area contributed by atoms with Gasteiger partial charge in [-0.05, 0) is 44.4 Å². The number of aliphatic hydroxyl groups is 2. The Bertz CT molecular complexity index is 330. The third-order valence-corrected chi connectivity index (χ3v) is 5.39. The smallest absolute Gasteiger partial charge is 0.0680 e. The minimum Gasteiger partial charge on any atom is -0.393 e. The summed E-state index contributed by atoms with van der Waals surface area (Å²) < 4.78 is 0. The van der Waals surface area contributed by atoms with E-state index in [0.717, 1.165) is 19.3 Å². The highest BCUT2D eigenvalue weighted by Gasteiger charge is 2.55. The van der Waals surface area contributed by atoms with Gasteiger partial charge in [-0.15, -0.1) is 0 Å². The number of aliphatic hydroxyl groups excluding tert-OH is 1. The van der Waals surface area contributed by atoms with Gasteiger partial charge < -0.3 is 10.2 Å². The normalized spacial score (nSPS) is 46.6. The summed E-state index contributed by atoms with van der Waals surface area (Å²) in [6, 6.07) is 0. The van der Waals surface area contributed by atoms with Gasteiger partial charge in [0.2, 0.25) is 0 Å². The fourth-order valence-electron chi connectivity index (χ4n) is 3.69. The molecule has 2 nitrogen and oxygen atoms in total. The number of hydrogen-bond acceptors (Lipinski definition) is 2. The standard InChI is InChI=1S/C15H26O2/c1-10(2)11-5-6-12-13(16)7-8-15(4,17)14(12,3)9-11/h5,10,12-13,16-17H,6-9H2,1-4H3/t12?,13?,14-,15+/m1/s1. The molecule has 0 aromatic carbocycles. The molecule has 2 heteroatoms. The lowest BCUT2D eigenvalue weighted by molar-refractivity contribution is -0.164. The molecule has 4 atom stereocenters. The van der Waals surface area contributed by atoms with Crippen LogP contribution in [-0.4, -0.2) is 21.9 Å². The first-order valence-corrected chi connectivity index (χ1v) is 6.87. The van der Waals surface area contributed by atoms with Gasteiger partial charge >= 0.3 is 0 Å². The Morgan fingerprint density at radius 2 is 2.00 bits per heavy atom. The Morgan fingerprint density at radius 3 is 2.59 bits per heavy atom. The van der Waals surface area contributed by atoms with Crippen molar-refractivity contribution in [3.05, 3.63) is 11.6 Å². The highest BCUT2D eigenvalue weighted by atomic mass is 16.3. The summed E-state index contributed by atoms with van der Waals surface area (Å²) in [7, 11) is 0. The van der Waals surface area contributed by atoms with E-state index in [-0.39, 0.29) is 17.4 Å². The predicted octanol–water partition coefficient (Wildman–Crippen LogP) is 2.89. The van der Waals surface area contributed by atoms with Crippen molar-refractivity contribution in [1.82, 2.24) is 0 Å². The Balaban J connectivity index is 2.35. The van der Waals surface area contributed by atoms with Crippen LogP contribution >= 0.6 is 0 Å². The molecule has 2 aliphatic carbocycles. The first-order chi connectivity index (χ1) is 7.78. The van der Waals surface area contributed by atoms with Crippen LogP contribution in [-0.2, 0) is 0 Å². The zero-order valence-electron chi connectivity index (χ0n) is 11.5. The largest absolute Gasteiger partial charge is 0.393 e. The van der Waals surface area contributed by atoms with Crippen LogP contribution in [0.5, 0.6) is 0 Å². The van der Waals surface area contributed by atoms with E-state index < -0.39 is 5.60 Å². The fourth-order valence-corrected chi connectivity index (χ4v) is 3.69. The van der Waals surface area contributed by atoms with Gasteiger partial charge in [0.15, 0.2) is 0 Å². The van der Waals surface area contributed by atoms with Crippen molar-refractivity contribution in [1.29, 1.82) is 0 Å². The van der Waals surface area contributed by atoms with Crippen molar-refractivity contribution in [3.63, 3.8) is 0 Å². The second-order valence-corrected chi connectivity index (χ2v) is 6.75. The molecule has 2 unspecified atom stereocenters. The zero-order chi connectivity index (χ0) is 12.8. The molecule has 17 heavy (non-hydrogen) atoms. The van der Waals surface area contributed by atoms with Crippen LogP contribution in [0.3, 0.4) is 0 Å². The van der Waals surface area contributed by atoms with E-state index in [1.807, 2.05) is 6.92 Å². The minimum absolute atomic E-state index is 0.168. The second kappa shape index (κ2) is 4.10. The summed E-state index contributed by atoms with van der Waals surface area (Å²) in [5.74, 6) is 0.761. The monoisotopic (exact) mass is 238 g/mol. The number of allylic oxidation sites excluding steroid dienone is 2. The lowest BCUT2D eigenvalue weighted by atomic mass is 9.52. The fraction of sp³-hybridized carbons (Fsp3) is 0.867. The van der Waals surface area contributed by atoms with E-state index in [2.05, 4.69) is 26.8 Å². The van der Waals surface area contributed by atoms with E-state index in [4.69, 9.17) is 0 Å². The van der Waals surface area contributed by atoms with Crippen LogP contribution in [0.1, 0.15) is 53.4 Å². The average Bonchev–Trinajstić information content (AvgIpc) is 2.24. The highest BCUT2D eigenvalue weighted by molar-refractivity contribution is 5.20. The molecule has 0 amide bonds. The molecule has 0 saturated heterocycles. The molecular formula is C15H26O2. The Hall–Kier alpha value is -0.340. The molecular weight excluding hydrogens is 212 g/mol. The number of hydrogen-bond donors (Lipinski definition) is 2. The molecule has 0 radical (unpaired) electrons. The Kier molecular flexibility index (Phi) is 3.16. The topological polar surface area (TPSA) is 40.5 Å². The molecule has 1 saturated carbocycles. The van der Waals surface area contributed by atoms with Crippen molar-refractivity contribution in [2.45, 2.75) is 65.1 Å². The van der Waals surface area contributed by atoms with Crippen LogP contribution in [0.4, 0.5) is 0 Å².